The summed E-state index contributed by atoms with van der Waals surface area (Å²) in [7, 11) is 0. The third-order valence-corrected chi connectivity index (χ3v) is 3.36. The van der Waals surface area contributed by atoms with Crippen LogP contribution in [0.15, 0.2) is 24.3 Å². The summed E-state index contributed by atoms with van der Waals surface area (Å²) in [5.74, 6) is -0.724. The van der Waals surface area contributed by atoms with E-state index in [9.17, 15) is 9.90 Å². The van der Waals surface area contributed by atoms with Gasteiger partial charge >= 0.3 is 5.97 Å². The average Bonchev–Trinajstić information content (AvgIpc) is 2.27. The lowest BCUT2D eigenvalue weighted by Gasteiger charge is -2.28. The van der Waals surface area contributed by atoms with E-state index < -0.39 is 11.9 Å². The maximum absolute atomic E-state index is 11.3. The molecule has 1 aromatic rings. The fourth-order valence-electron chi connectivity index (χ4n) is 2.12. The van der Waals surface area contributed by atoms with Crippen LogP contribution >= 0.6 is 0 Å². The van der Waals surface area contributed by atoms with Crippen LogP contribution in [0.1, 0.15) is 30.4 Å². The topological polar surface area (TPSA) is 46.5 Å². The van der Waals surface area contributed by atoms with Gasteiger partial charge in [0.1, 0.15) is 0 Å². The Bertz CT molecular complexity index is 379. The first-order valence-electron chi connectivity index (χ1n) is 6.10. The molecule has 2 rings (SSSR count). The number of rotatable bonds is 5. The normalized spacial score (nSPS) is 17.5. The van der Waals surface area contributed by atoms with E-state index in [1.54, 1.807) is 0 Å². The first-order chi connectivity index (χ1) is 8.20. The van der Waals surface area contributed by atoms with Crippen molar-refractivity contribution in [2.24, 2.45) is 5.92 Å². The summed E-state index contributed by atoms with van der Waals surface area (Å²) in [6.07, 6.45) is 1.66. The van der Waals surface area contributed by atoms with E-state index in [-0.39, 0.29) is 0 Å². The molecule has 0 aliphatic carbocycles. The quantitative estimate of drug-likeness (QED) is 0.851. The van der Waals surface area contributed by atoms with Gasteiger partial charge in [0.05, 0.1) is 19.1 Å². The summed E-state index contributed by atoms with van der Waals surface area (Å²) < 4.78 is 5.09. The largest absolute Gasteiger partial charge is 0.481 e. The molecule has 1 aromatic carbocycles. The molecule has 3 nitrogen and oxygen atoms in total. The van der Waals surface area contributed by atoms with Crippen LogP contribution in [0.25, 0.3) is 0 Å². The minimum atomic E-state index is -0.735. The fourth-order valence-corrected chi connectivity index (χ4v) is 2.12. The van der Waals surface area contributed by atoms with Gasteiger partial charge in [0.2, 0.25) is 0 Å². The first kappa shape index (κ1) is 12.1. The van der Waals surface area contributed by atoms with Crippen molar-refractivity contribution in [3.63, 3.8) is 0 Å². The number of carbonyl (C=O) groups is 1. The van der Waals surface area contributed by atoms with Crippen LogP contribution in [-0.4, -0.2) is 24.3 Å². The molecule has 1 heterocycles. The van der Waals surface area contributed by atoms with Crippen LogP contribution in [0.5, 0.6) is 0 Å². The smallest absolute Gasteiger partial charge is 0.310 e. The van der Waals surface area contributed by atoms with Crippen molar-refractivity contribution in [1.29, 1.82) is 0 Å². The van der Waals surface area contributed by atoms with Crippen molar-refractivity contribution in [2.75, 3.05) is 13.2 Å². The lowest BCUT2D eigenvalue weighted by Crippen LogP contribution is -2.30. The van der Waals surface area contributed by atoms with Gasteiger partial charge in [-0.3, -0.25) is 4.79 Å². The molecule has 0 radical (unpaired) electrons. The van der Waals surface area contributed by atoms with Crippen LogP contribution in [0.4, 0.5) is 0 Å². The summed E-state index contributed by atoms with van der Waals surface area (Å²) in [4.78, 5) is 11.3. The van der Waals surface area contributed by atoms with E-state index in [1.807, 2.05) is 24.3 Å². The molecular weight excluding hydrogens is 216 g/mol. The van der Waals surface area contributed by atoms with E-state index in [0.717, 1.165) is 12.0 Å². The predicted octanol–water partition coefficient (Wildman–Crippen LogP) is 2.45. The Hall–Kier alpha value is -1.35. The lowest BCUT2D eigenvalue weighted by molar-refractivity contribution is -0.140. The monoisotopic (exact) mass is 234 g/mol. The van der Waals surface area contributed by atoms with Crippen molar-refractivity contribution in [2.45, 2.75) is 25.7 Å². The van der Waals surface area contributed by atoms with E-state index in [4.69, 9.17) is 4.74 Å². The Morgan fingerprint density at radius 3 is 2.47 bits per heavy atom. The number of ether oxygens (including phenoxy) is 1. The fraction of sp³-hybridized carbons (Fsp3) is 0.500. The Balaban J connectivity index is 2.10. The highest BCUT2D eigenvalue weighted by atomic mass is 16.5. The molecule has 1 N–H and O–H groups in total. The number of benzene rings is 1. The molecule has 1 fully saturated rings. The molecule has 0 aromatic heterocycles. The second kappa shape index (κ2) is 5.32. The van der Waals surface area contributed by atoms with Gasteiger partial charge in [-0.1, -0.05) is 31.2 Å². The van der Waals surface area contributed by atoms with Crippen LogP contribution in [0.2, 0.25) is 0 Å². The summed E-state index contributed by atoms with van der Waals surface area (Å²) in [6.45, 7) is 3.50. The van der Waals surface area contributed by atoms with Gasteiger partial charge in [-0.25, -0.2) is 0 Å². The number of carboxylic acid groups (broad SMARTS) is 1. The molecule has 1 aliphatic heterocycles. The van der Waals surface area contributed by atoms with Crippen molar-refractivity contribution in [1.82, 2.24) is 0 Å². The Morgan fingerprint density at radius 1 is 1.41 bits per heavy atom. The van der Waals surface area contributed by atoms with Gasteiger partial charge in [0.15, 0.2) is 0 Å². The van der Waals surface area contributed by atoms with Crippen LogP contribution in [0.3, 0.4) is 0 Å². The third-order valence-electron chi connectivity index (χ3n) is 3.36. The zero-order valence-corrected chi connectivity index (χ0v) is 10.1. The molecular formula is C14H18O3. The summed E-state index contributed by atoms with van der Waals surface area (Å²) >= 11 is 0. The molecule has 17 heavy (non-hydrogen) atoms. The summed E-state index contributed by atoms with van der Waals surface area (Å²) in [6, 6.07) is 7.92. The van der Waals surface area contributed by atoms with Crippen molar-refractivity contribution in [3.8, 4) is 0 Å². The number of carboxylic acids is 1. The summed E-state index contributed by atoms with van der Waals surface area (Å²) in [5.41, 5.74) is 2.14. The molecule has 0 bridgehead atoms. The minimum Gasteiger partial charge on any atom is -0.481 e. The predicted molar refractivity (Wildman–Crippen MR) is 65.1 cm³/mol. The molecule has 3 heteroatoms. The van der Waals surface area contributed by atoms with Crippen molar-refractivity contribution < 1.29 is 14.6 Å². The van der Waals surface area contributed by atoms with Gasteiger partial charge < -0.3 is 9.84 Å². The second-order valence-corrected chi connectivity index (χ2v) is 4.63. The van der Waals surface area contributed by atoms with Crippen LogP contribution < -0.4 is 0 Å². The van der Waals surface area contributed by atoms with E-state index in [2.05, 4.69) is 6.92 Å². The average molecular weight is 234 g/mol. The zero-order chi connectivity index (χ0) is 12.3. The highest BCUT2D eigenvalue weighted by Crippen LogP contribution is 2.28. The van der Waals surface area contributed by atoms with E-state index in [1.165, 1.54) is 5.56 Å². The third kappa shape index (κ3) is 2.86. The number of aryl methyl sites for hydroxylation is 1. The molecule has 0 spiro atoms. The molecule has 1 atom stereocenters. The Morgan fingerprint density at radius 2 is 2.06 bits per heavy atom. The van der Waals surface area contributed by atoms with Crippen molar-refractivity contribution in [3.05, 3.63) is 35.4 Å². The molecule has 1 aliphatic rings. The lowest BCUT2D eigenvalue weighted by atomic mass is 9.87. The van der Waals surface area contributed by atoms with Gasteiger partial charge in [-0.05, 0) is 24.0 Å². The van der Waals surface area contributed by atoms with E-state index >= 15 is 0 Å². The van der Waals surface area contributed by atoms with Gasteiger partial charge in [0, 0.05) is 5.92 Å². The number of hydrogen-bond donors (Lipinski definition) is 1. The molecule has 1 unspecified atom stereocenters. The molecule has 0 saturated carbocycles. The maximum atomic E-state index is 11.3. The van der Waals surface area contributed by atoms with Crippen LogP contribution in [0, 0.1) is 5.92 Å². The van der Waals surface area contributed by atoms with Crippen molar-refractivity contribution >= 4 is 5.97 Å². The second-order valence-electron chi connectivity index (χ2n) is 4.63. The molecule has 0 amide bonds. The van der Waals surface area contributed by atoms with Gasteiger partial charge in [-0.15, -0.1) is 0 Å². The highest BCUT2D eigenvalue weighted by molar-refractivity contribution is 5.76. The standard InChI is InChI=1S/C14H18O3/c1-2-10-3-5-12(6-4-10)13(14(15)16)7-11-8-17-9-11/h3-6,11,13H,2,7-9H2,1H3,(H,15,16). The number of aliphatic carboxylic acids is 1. The Kier molecular flexibility index (Phi) is 3.79. The molecule has 1 saturated heterocycles. The SMILES string of the molecule is CCc1ccc(C(CC2COC2)C(=O)O)cc1. The minimum absolute atomic E-state index is 0.394. The summed E-state index contributed by atoms with van der Waals surface area (Å²) in [5, 5.41) is 9.28. The maximum Gasteiger partial charge on any atom is 0.310 e. The first-order valence-corrected chi connectivity index (χ1v) is 6.10. The van der Waals surface area contributed by atoms with E-state index in [0.29, 0.717) is 25.6 Å². The highest BCUT2D eigenvalue weighted by Gasteiger charge is 2.28. The van der Waals surface area contributed by atoms with Crippen LogP contribution in [-0.2, 0) is 16.0 Å². The molecule has 92 valence electrons. The number of hydrogen-bond acceptors (Lipinski definition) is 2. The van der Waals surface area contributed by atoms with Gasteiger partial charge in [0.25, 0.3) is 0 Å². The zero-order valence-electron chi connectivity index (χ0n) is 10.1. The van der Waals surface area contributed by atoms with Gasteiger partial charge in [-0.2, -0.15) is 0 Å². The Labute approximate surface area is 101 Å².